The number of nitrogens with zero attached hydrogens (tertiary/aromatic N) is 3. The number of carbonyl (C=O) groups is 1. The van der Waals surface area contributed by atoms with Crippen LogP contribution in [0.2, 0.25) is 5.02 Å². The Bertz CT molecular complexity index is 688. The number of anilines is 2. The van der Waals surface area contributed by atoms with Crippen LogP contribution in [0.3, 0.4) is 0 Å². The second kappa shape index (κ2) is 6.66. The molecular weight excluding hydrogens is 300 g/mol. The standard InChI is InChI=1S/C16H19ClN4O/c1-20(2)13-6-4-5-11(7-13)10-21(3)16-14(17)8-12(9-19-16)15(18)22/h4-9H,10H2,1-3H3,(H2,18,22). The van der Waals surface area contributed by atoms with Crippen LogP contribution in [0.25, 0.3) is 0 Å². The molecule has 0 aliphatic carbocycles. The lowest BCUT2D eigenvalue weighted by molar-refractivity contribution is 0.1000. The third-order valence-corrected chi connectivity index (χ3v) is 3.59. The van der Waals surface area contributed by atoms with E-state index in [-0.39, 0.29) is 0 Å². The molecule has 116 valence electrons. The summed E-state index contributed by atoms with van der Waals surface area (Å²) in [6, 6.07) is 9.77. The molecule has 0 fully saturated rings. The second-order valence-corrected chi connectivity index (χ2v) is 5.72. The molecule has 6 heteroatoms. The van der Waals surface area contributed by atoms with Gasteiger partial charge in [-0.3, -0.25) is 4.79 Å². The van der Waals surface area contributed by atoms with Gasteiger partial charge in [0.05, 0.1) is 10.6 Å². The summed E-state index contributed by atoms with van der Waals surface area (Å²) in [4.78, 5) is 19.4. The predicted octanol–water partition coefficient (Wildman–Crippen LogP) is 2.54. The first-order chi connectivity index (χ1) is 10.4. The highest BCUT2D eigenvalue weighted by molar-refractivity contribution is 6.33. The number of benzene rings is 1. The van der Waals surface area contributed by atoms with Crippen molar-refractivity contribution in [3.63, 3.8) is 0 Å². The molecule has 0 atom stereocenters. The Morgan fingerprint density at radius 2 is 2.00 bits per heavy atom. The number of pyridine rings is 1. The van der Waals surface area contributed by atoms with Crippen molar-refractivity contribution < 1.29 is 4.79 Å². The summed E-state index contributed by atoms with van der Waals surface area (Å²) >= 11 is 6.20. The van der Waals surface area contributed by atoms with Crippen LogP contribution >= 0.6 is 11.6 Å². The molecule has 0 saturated carbocycles. The van der Waals surface area contributed by atoms with Crippen molar-refractivity contribution >= 4 is 29.0 Å². The van der Waals surface area contributed by atoms with Gasteiger partial charge in [-0.2, -0.15) is 0 Å². The molecule has 1 heterocycles. The van der Waals surface area contributed by atoms with Gasteiger partial charge in [0.2, 0.25) is 5.91 Å². The maximum atomic E-state index is 11.1. The van der Waals surface area contributed by atoms with Gasteiger partial charge in [0.1, 0.15) is 5.82 Å². The van der Waals surface area contributed by atoms with Crippen molar-refractivity contribution in [3.8, 4) is 0 Å². The molecule has 2 aromatic rings. The molecular formula is C16H19ClN4O. The number of hydrogen-bond acceptors (Lipinski definition) is 4. The highest BCUT2D eigenvalue weighted by atomic mass is 35.5. The lowest BCUT2D eigenvalue weighted by atomic mass is 10.2. The van der Waals surface area contributed by atoms with E-state index in [2.05, 4.69) is 28.1 Å². The fourth-order valence-electron chi connectivity index (χ4n) is 2.13. The van der Waals surface area contributed by atoms with E-state index in [1.807, 2.05) is 32.1 Å². The molecule has 0 aliphatic heterocycles. The van der Waals surface area contributed by atoms with E-state index in [1.165, 1.54) is 6.20 Å². The van der Waals surface area contributed by atoms with Gasteiger partial charge in [-0.1, -0.05) is 23.7 Å². The van der Waals surface area contributed by atoms with Gasteiger partial charge in [0.15, 0.2) is 0 Å². The zero-order valence-electron chi connectivity index (χ0n) is 12.9. The van der Waals surface area contributed by atoms with E-state index in [9.17, 15) is 4.79 Å². The zero-order chi connectivity index (χ0) is 16.3. The Morgan fingerprint density at radius 1 is 1.27 bits per heavy atom. The molecule has 2 N–H and O–H groups in total. The minimum absolute atomic E-state index is 0.303. The van der Waals surface area contributed by atoms with Crippen LogP contribution in [0.5, 0.6) is 0 Å². The lowest BCUT2D eigenvalue weighted by Crippen LogP contribution is -2.19. The Morgan fingerprint density at radius 3 is 2.59 bits per heavy atom. The van der Waals surface area contributed by atoms with Crippen molar-refractivity contribution in [2.24, 2.45) is 5.73 Å². The Hall–Kier alpha value is -2.27. The summed E-state index contributed by atoms with van der Waals surface area (Å²) in [6.07, 6.45) is 1.44. The van der Waals surface area contributed by atoms with E-state index in [0.717, 1.165) is 11.3 Å². The van der Waals surface area contributed by atoms with Gasteiger partial charge in [-0.05, 0) is 23.8 Å². The first kappa shape index (κ1) is 16.1. The summed E-state index contributed by atoms with van der Waals surface area (Å²) in [6.45, 7) is 0.657. The summed E-state index contributed by atoms with van der Waals surface area (Å²) < 4.78 is 0. The lowest BCUT2D eigenvalue weighted by Gasteiger charge is -2.21. The number of primary amides is 1. The van der Waals surface area contributed by atoms with Crippen molar-refractivity contribution in [1.82, 2.24) is 4.98 Å². The normalized spacial score (nSPS) is 10.4. The van der Waals surface area contributed by atoms with Gasteiger partial charge in [0, 0.05) is 39.6 Å². The maximum Gasteiger partial charge on any atom is 0.250 e. The fraction of sp³-hybridized carbons (Fsp3) is 0.250. The fourth-order valence-corrected chi connectivity index (χ4v) is 2.44. The number of halogens is 1. The van der Waals surface area contributed by atoms with Crippen molar-refractivity contribution in [3.05, 3.63) is 52.7 Å². The monoisotopic (exact) mass is 318 g/mol. The van der Waals surface area contributed by atoms with Gasteiger partial charge in [-0.25, -0.2) is 4.98 Å². The Balaban J connectivity index is 2.20. The highest BCUT2D eigenvalue weighted by Gasteiger charge is 2.11. The van der Waals surface area contributed by atoms with Gasteiger partial charge in [0.25, 0.3) is 0 Å². The predicted molar refractivity (Wildman–Crippen MR) is 90.6 cm³/mol. The molecule has 5 nitrogen and oxygen atoms in total. The quantitative estimate of drug-likeness (QED) is 0.920. The van der Waals surface area contributed by atoms with Crippen LogP contribution in [-0.2, 0) is 6.54 Å². The van der Waals surface area contributed by atoms with E-state index >= 15 is 0 Å². The average Bonchev–Trinajstić information content (AvgIpc) is 2.47. The van der Waals surface area contributed by atoms with Crippen LogP contribution in [-0.4, -0.2) is 32.0 Å². The topological polar surface area (TPSA) is 62.5 Å². The van der Waals surface area contributed by atoms with Crippen molar-refractivity contribution in [2.45, 2.75) is 6.54 Å². The number of carbonyl (C=O) groups excluding carboxylic acids is 1. The smallest absolute Gasteiger partial charge is 0.250 e. The first-order valence-corrected chi connectivity index (χ1v) is 7.19. The number of amides is 1. The molecule has 0 bridgehead atoms. The van der Waals surface area contributed by atoms with Crippen molar-refractivity contribution in [1.29, 1.82) is 0 Å². The van der Waals surface area contributed by atoms with Crippen LogP contribution in [0.15, 0.2) is 36.5 Å². The van der Waals surface area contributed by atoms with Crippen LogP contribution < -0.4 is 15.5 Å². The molecule has 0 radical (unpaired) electrons. The van der Waals surface area contributed by atoms with Gasteiger partial charge < -0.3 is 15.5 Å². The Kier molecular flexibility index (Phi) is 4.88. The molecule has 0 spiro atoms. The van der Waals surface area contributed by atoms with E-state index in [4.69, 9.17) is 17.3 Å². The second-order valence-electron chi connectivity index (χ2n) is 5.31. The molecule has 1 amide bonds. The molecule has 1 aromatic heterocycles. The van der Waals surface area contributed by atoms with E-state index in [0.29, 0.717) is 22.9 Å². The minimum Gasteiger partial charge on any atom is -0.378 e. The molecule has 0 saturated heterocycles. The number of aromatic nitrogens is 1. The van der Waals surface area contributed by atoms with Crippen LogP contribution in [0.1, 0.15) is 15.9 Å². The summed E-state index contributed by atoms with van der Waals surface area (Å²) in [5.74, 6) is 0.0733. The van der Waals surface area contributed by atoms with E-state index < -0.39 is 5.91 Å². The van der Waals surface area contributed by atoms with Crippen molar-refractivity contribution in [2.75, 3.05) is 30.9 Å². The molecule has 22 heavy (non-hydrogen) atoms. The van der Waals surface area contributed by atoms with Gasteiger partial charge >= 0.3 is 0 Å². The van der Waals surface area contributed by atoms with Crippen LogP contribution in [0.4, 0.5) is 11.5 Å². The number of nitrogens with two attached hydrogens (primary N) is 1. The Labute approximate surface area is 135 Å². The third-order valence-electron chi connectivity index (χ3n) is 3.31. The zero-order valence-corrected chi connectivity index (χ0v) is 13.6. The third kappa shape index (κ3) is 3.68. The highest BCUT2D eigenvalue weighted by Crippen LogP contribution is 2.25. The maximum absolute atomic E-state index is 11.1. The largest absolute Gasteiger partial charge is 0.378 e. The summed E-state index contributed by atoms with van der Waals surface area (Å²) in [5, 5.41) is 0.405. The summed E-state index contributed by atoms with van der Waals surface area (Å²) in [7, 11) is 5.91. The average molecular weight is 319 g/mol. The molecule has 2 rings (SSSR count). The molecule has 0 aliphatic rings. The number of rotatable bonds is 5. The number of hydrogen-bond donors (Lipinski definition) is 1. The minimum atomic E-state index is -0.540. The summed E-state index contributed by atoms with van der Waals surface area (Å²) in [5.41, 5.74) is 7.80. The molecule has 1 aromatic carbocycles. The van der Waals surface area contributed by atoms with E-state index in [1.54, 1.807) is 6.07 Å². The van der Waals surface area contributed by atoms with Crippen LogP contribution in [0, 0.1) is 0 Å². The first-order valence-electron chi connectivity index (χ1n) is 6.81. The SMILES string of the molecule is CN(C)c1cccc(CN(C)c2ncc(C(N)=O)cc2Cl)c1. The van der Waals surface area contributed by atoms with Gasteiger partial charge in [-0.15, -0.1) is 0 Å². The molecule has 0 unspecified atom stereocenters.